The molecule has 0 spiro atoms. The lowest BCUT2D eigenvalue weighted by atomic mass is 9.98. The van der Waals surface area contributed by atoms with Crippen LogP contribution in [0, 0.1) is 5.82 Å². The van der Waals surface area contributed by atoms with Crippen LogP contribution in [0.25, 0.3) is 5.69 Å². The Morgan fingerprint density at radius 3 is 2.73 bits per heavy atom. The summed E-state index contributed by atoms with van der Waals surface area (Å²) in [5.74, 6) is 0.244. The fraction of sp³-hybridized carbons (Fsp3) is 0.343. The predicted molar refractivity (Wildman–Crippen MR) is 177 cm³/mol. The number of ether oxygens (including phenoxy) is 2. The molecule has 0 bridgehead atoms. The second-order valence-electron chi connectivity index (χ2n) is 11.4. The lowest BCUT2D eigenvalue weighted by Gasteiger charge is -2.26. The van der Waals surface area contributed by atoms with Crippen molar-refractivity contribution in [3.05, 3.63) is 106 Å². The Balaban J connectivity index is 1.12. The molecule has 0 aliphatic carbocycles. The number of fused-ring (bicyclic) bond motifs is 1. The minimum absolute atomic E-state index is 0.00128. The van der Waals surface area contributed by atoms with Gasteiger partial charge in [-0.05, 0) is 71.6 Å². The molecule has 8 nitrogen and oxygen atoms in total. The summed E-state index contributed by atoms with van der Waals surface area (Å²) in [5.41, 5.74) is 6.99. The van der Waals surface area contributed by atoms with Crippen LogP contribution in [0.3, 0.4) is 0 Å². The predicted octanol–water partition coefficient (Wildman–Crippen LogP) is 6.06. The zero-order valence-electron chi connectivity index (χ0n) is 25.2. The number of hydrogen-bond acceptors (Lipinski definition) is 7. The molecule has 6 rings (SSSR count). The number of aliphatic hydroxyl groups is 1. The molecule has 0 amide bonds. The monoisotopic (exact) mass is 631 g/mol. The molecule has 45 heavy (non-hydrogen) atoms. The van der Waals surface area contributed by atoms with Gasteiger partial charge in [0.25, 0.3) is 0 Å². The highest BCUT2D eigenvalue weighted by atomic mass is 35.5. The van der Waals surface area contributed by atoms with Crippen LogP contribution in [0.15, 0.2) is 78.0 Å². The molecule has 3 aromatic carbocycles. The van der Waals surface area contributed by atoms with Gasteiger partial charge in [-0.1, -0.05) is 23.7 Å². The van der Waals surface area contributed by atoms with Gasteiger partial charge in [-0.2, -0.15) is 0 Å². The minimum Gasteiger partial charge on any atom is -0.487 e. The van der Waals surface area contributed by atoms with Crippen LogP contribution in [0.2, 0.25) is 5.02 Å². The molecule has 10 heteroatoms. The Bertz CT molecular complexity index is 1620. The molecule has 1 saturated heterocycles. The number of rotatable bonds is 13. The molecular weight excluding hydrogens is 593 g/mol. The van der Waals surface area contributed by atoms with E-state index in [1.807, 2.05) is 30.5 Å². The molecular formula is C35H39ClFN5O3. The first-order chi connectivity index (χ1) is 22.1. The number of hydrogen-bond donors (Lipinski definition) is 3. The Kier molecular flexibility index (Phi) is 10.4. The van der Waals surface area contributed by atoms with E-state index in [0.717, 1.165) is 86.1 Å². The van der Waals surface area contributed by atoms with E-state index in [0.29, 0.717) is 17.2 Å². The second kappa shape index (κ2) is 15.0. The van der Waals surface area contributed by atoms with Gasteiger partial charge in [-0.15, -0.1) is 0 Å². The van der Waals surface area contributed by atoms with E-state index in [-0.39, 0.29) is 25.1 Å². The number of aromatic nitrogens is 1. The number of morpholine rings is 1. The van der Waals surface area contributed by atoms with Crippen LogP contribution in [-0.2, 0) is 24.3 Å². The van der Waals surface area contributed by atoms with E-state index >= 15 is 0 Å². The summed E-state index contributed by atoms with van der Waals surface area (Å²) in [6.07, 6.45) is 7.55. The summed E-state index contributed by atoms with van der Waals surface area (Å²) in [6.45, 7) is 6.55. The summed E-state index contributed by atoms with van der Waals surface area (Å²) in [4.78, 5) is 7.07. The number of anilines is 1. The van der Waals surface area contributed by atoms with Crippen LogP contribution in [0.4, 0.5) is 15.8 Å². The minimum atomic E-state index is -0.295. The third kappa shape index (κ3) is 8.11. The average molecular weight is 632 g/mol. The maximum Gasteiger partial charge on any atom is 0.138 e. The number of nitrogens with zero attached hydrogens (tertiary/aromatic N) is 3. The van der Waals surface area contributed by atoms with Crippen LogP contribution in [0.5, 0.6) is 5.75 Å². The Morgan fingerprint density at radius 2 is 1.91 bits per heavy atom. The zero-order chi connectivity index (χ0) is 31.0. The van der Waals surface area contributed by atoms with Crippen molar-refractivity contribution < 1.29 is 19.0 Å². The maximum atomic E-state index is 13.5. The molecule has 3 N–H and O–H groups in total. The lowest BCUT2D eigenvalue weighted by Crippen LogP contribution is -2.40. The van der Waals surface area contributed by atoms with Crippen molar-refractivity contribution in [3.63, 3.8) is 0 Å². The van der Waals surface area contributed by atoms with Gasteiger partial charge in [0.2, 0.25) is 0 Å². The third-order valence-electron chi connectivity index (χ3n) is 8.22. The van der Waals surface area contributed by atoms with Gasteiger partial charge in [0.05, 0.1) is 30.0 Å². The molecule has 3 heterocycles. The van der Waals surface area contributed by atoms with E-state index in [4.69, 9.17) is 21.1 Å². The highest BCUT2D eigenvalue weighted by Gasteiger charge is 2.20. The quantitative estimate of drug-likeness (QED) is 0.156. The number of nitrogens with one attached hydrogen (secondary N) is 2. The molecule has 2 aliphatic heterocycles. The summed E-state index contributed by atoms with van der Waals surface area (Å²) in [6, 6.07) is 18.3. The third-order valence-corrected chi connectivity index (χ3v) is 8.52. The van der Waals surface area contributed by atoms with Crippen LogP contribution in [0.1, 0.15) is 34.7 Å². The topological polar surface area (TPSA) is 83.3 Å². The molecule has 1 unspecified atom stereocenters. The Labute approximate surface area is 268 Å². The van der Waals surface area contributed by atoms with Crippen molar-refractivity contribution >= 4 is 29.2 Å². The van der Waals surface area contributed by atoms with Crippen LogP contribution >= 0.6 is 11.6 Å². The first-order valence-electron chi connectivity index (χ1n) is 15.5. The van der Waals surface area contributed by atoms with Crippen molar-refractivity contribution in [2.45, 2.75) is 32.0 Å². The van der Waals surface area contributed by atoms with Gasteiger partial charge < -0.3 is 29.8 Å². The Hall–Kier alpha value is -3.73. The average Bonchev–Trinajstić information content (AvgIpc) is 3.46. The fourth-order valence-electron chi connectivity index (χ4n) is 5.79. The molecule has 2 aliphatic rings. The van der Waals surface area contributed by atoms with Gasteiger partial charge in [0, 0.05) is 81.3 Å². The smallest absolute Gasteiger partial charge is 0.138 e. The standard InChI is InChI=1S/C35H39ClFN5O3/c36-32-19-29(4-7-35(32)45-24-25-2-1-3-28(37)18-25)40-34-8-10-39-33-6-5-30(20-31(33)34)42-22-26(9-15-43)27(23-42)21-38-11-12-41-13-16-44-17-14-41/h1-7,10,18-20,22-23,34,38,40,43H,8-9,11-17,21,24H2. The van der Waals surface area contributed by atoms with E-state index in [2.05, 4.69) is 55.7 Å². The highest BCUT2D eigenvalue weighted by Crippen LogP contribution is 2.37. The second-order valence-corrected chi connectivity index (χ2v) is 11.8. The number of aliphatic hydroxyl groups excluding tert-OH is 1. The van der Waals surface area contributed by atoms with Crippen molar-refractivity contribution in [2.24, 2.45) is 4.99 Å². The summed E-state index contributed by atoms with van der Waals surface area (Å²) < 4.78 is 27.0. The number of aliphatic imine (C=N–C) groups is 1. The lowest BCUT2D eigenvalue weighted by molar-refractivity contribution is 0.0384. The van der Waals surface area contributed by atoms with E-state index in [9.17, 15) is 9.50 Å². The van der Waals surface area contributed by atoms with E-state index < -0.39 is 0 Å². The van der Waals surface area contributed by atoms with Crippen molar-refractivity contribution in [1.82, 2.24) is 14.8 Å². The van der Waals surface area contributed by atoms with Crippen LogP contribution < -0.4 is 15.4 Å². The molecule has 1 fully saturated rings. The molecule has 1 aromatic heterocycles. The highest BCUT2D eigenvalue weighted by molar-refractivity contribution is 6.32. The number of halogens is 2. The van der Waals surface area contributed by atoms with E-state index in [1.165, 1.54) is 17.7 Å². The van der Waals surface area contributed by atoms with Gasteiger partial charge in [-0.25, -0.2) is 4.39 Å². The largest absolute Gasteiger partial charge is 0.487 e. The van der Waals surface area contributed by atoms with Gasteiger partial charge in [0.1, 0.15) is 18.2 Å². The molecule has 1 atom stereocenters. The maximum absolute atomic E-state index is 13.5. The molecule has 236 valence electrons. The van der Waals surface area contributed by atoms with Crippen LogP contribution in [-0.4, -0.2) is 66.8 Å². The van der Waals surface area contributed by atoms with Crippen molar-refractivity contribution in [3.8, 4) is 11.4 Å². The van der Waals surface area contributed by atoms with Gasteiger partial charge in [-0.3, -0.25) is 9.89 Å². The Morgan fingerprint density at radius 1 is 1.04 bits per heavy atom. The molecule has 0 saturated carbocycles. The summed E-state index contributed by atoms with van der Waals surface area (Å²) in [5, 5.41) is 17.4. The number of benzene rings is 3. The molecule has 0 radical (unpaired) electrons. The van der Waals surface area contributed by atoms with E-state index in [1.54, 1.807) is 6.07 Å². The van der Waals surface area contributed by atoms with Crippen molar-refractivity contribution in [1.29, 1.82) is 0 Å². The molecule has 4 aromatic rings. The first kappa shape index (κ1) is 31.3. The van der Waals surface area contributed by atoms with Gasteiger partial charge >= 0.3 is 0 Å². The summed E-state index contributed by atoms with van der Waals surface area (Å²) >= 11 is 6.58. The summed E-state index contributed by atoms with van der Waals surface area (Å²) in [7, 11) is 0. The normalized spacial score (nSPS) is 16.5. The van der Waals surface area contributed by atoms with Gasteiger partial charge in [0.15, 0.2) is 0 Å². The first-order valence-corrected chi connectivity index (χ1v) is 15.8. The zero-order valence-corrected chi connectivity index (χ0v) is 26.0. The van der Waals surface area contributed by atoms with Crippen molar-refractivity contribution in [2.75, 3.05) is 51.3 Å². The SMILES string of the molecule is OCCc1cn(-c2ccc3c(c2)C(Nc2ccc(OCc4cccc(F)c4)c(Cl)c2)CC=N3)cc1CNCCN1CCOCC1. The fourth-order valence-corrected chi connectivity index (χ4v) is 6.03.